The van der Waals surface area contributed by atoms with Gasteiger partial charge in [0.1, 0.15) is 12.3 Å². The number of aliphatic carboxylic acids is 1. The maximum atomic E-state index is 12.3. The van der Waals surface area contributed by atoms with E-state index in [0.717, 1.165) is 0 Å². The van der Waals surface area contributed by atoms with Crippen molar-refractivity contribution in [3.63, 3.8) is 0 Å². The van der Waals surface area contributed by atoms with Crippen molar-refractivity contribution in [1.29, 1.82) is 0 Å². The van der Waals surface area contributed by atoms with Crippen LogP contribution in [0, 0.1) is 0 Å². The van der Waals surface area contributed by atoms with Gasteiger partial charge < -0.3 is 19.9 Å². The minimum atomic E-state index is -1.29. The molecule has 6 nitrogen and oxygen atoms in total. The highest BCUT2D eigenvalue weighted by Gasteiger charge is 2.16. The van der Waals surface area contributed by atoms with E-state index in [1.54, 1.807) is 49.4 Å². The van der Waals surface area contributed by atoms with Crippen molar-refractivity contribution in [2.24, 2.45) is 0 Å². The number of nitrogens with one attached hydrogen (secondary N) is 1. The first-order valence-electron chi connectivity index (χ1n) is 8.47. The molecule has 0 aliphatic carbocycles. The molecule has 0 spiro atoms. The highest BCUT2D eigenvalue weighted by atomic mass is 35.5. The Morgan fingerprint density at radius 1 is 1.21 bits per heavy atom. The summed E-state index contributed by atoms with van der Waals surface area (Å²) in [6, 6.07) is 11.4. The topological polar surface area (TPSA) is 84.9 Å². The molecule has 7 heteroatoms. The van der Waals surface area contributed by atoms with E-state index in [9.17, 15) is 14.7 Å². The standard InChI is InChI=1S/C21H20ClNO5/c1-3-10-28-19-16(22)11-14(13-18(19)27-4-2)12-17(21(25)26)23-20(24)15-8-6-5-7-9-15/h3,5-9,11-13H,1,4,10H2,2H3,(H,23,24)(H,25,26)/b17-12+. The van der Waals surface area contributed by atoms with E-state index in [-0.39, 0.29) is 17.3 Å². The number of hydrogen-bond donors (Lipinski definition) is 2. The predicted molar refractivity (Wildman–Crippen MR) is 108 cm³/mol. The van der Waals surface area contributed by atoms with Crippen LogP contribution in [0.2, 0.25) is 5.02 Å². The van der Waals surface area contributed by atoms with Gasteiger partial charge in [-0.2, -0.15) is 0 Å². The first-order valence-corrected chi connectivity index (χ1v) is 8.85. The first kappa shape index (κ1) is 21.1. The highest BCUT2D eigenvalue weighted by molar-refractivity contribution is 6.32. The van der Waals surface area contributed by atoms with Crippen molar-refractivity contribution in [1.82, 2.24) is 5.32 Å². The Labute approximate surface area is 168 Å². The van der Waals surface area contributed by atoms with Crippen molar-refractivity contribution in [3.05, 3.63) is 77.0 Å². The van der Waals surface area contributed by atoms with Gasteiger partial charge in [-0.3, -0.25) is 4.79 Å². The summed E-state index contributed by atoms with van der Waals surface area (Å²) in [5.74, 6) is -1.12. The van der Waals surface area contributed by atoms with E-state index < -0.39 is 11.9 Å². The van der Waals surface area contributed by atoms with Crippen LogP contribution in [0.4, 0.5) is 0 Å². The average molecular weight is 402 g/mol. The van der Waals surface area contributed by atoms with Crippen molar-refractivity contribution in [2.75, 3.05) is 13.2 Å². The van der Waals surface area contributed by atoms with Crippen LogP contribution in [-0.2, 0) is 4.79 Å². The maximum Gasteiger partial charge on any atom is 0.352 e. The summed E-state index contributed by atoms with van der Waals surface area (Å²) < 4.78 is 11.1. The fourth-order valence-electron chi connectivity index (χ4n) is 2.32. The summed E-state index contributed by atoms with van der Waals surface area (Å²) in [6.07, 6.45) is 2.87. The first-order chi connectivity index (χ1) is 13.5. The molecule has 0 aromatic heterocycles. The third-order valence-corrected chi connectivity index (χ3v) is 3.78. The Kier molecular flexibility index (Phi) is 7.65. The molecule has 146 valence electrons. The molecule has 2 aromatic rings. The number of amides is 1. The molecule has 0 fully saturated rings. The van der Waals surface area contributed by atoms with Gasteiger partial charge in [-0.25, -0.2) is 4.79 Å². The van der Waals surface area contributed by atoms with Gasteiger partial charge in [0.25, 0.3) is 5.91 Å². The minimum absolute atomic E-state index is 0.239. The molecule has 0 saturated carbocycles. The van der Waals surface area contributed by atoms with Crippen LogP contribution in [-0.4, -0.2) is 30.2 Å². The fourth-order valence-corrected chi connectivity index (χ4v) is 2.59. The molecule has 0 aliphatic rings. The van der Waals surface area contributed by atoms with Crippen LogP contribution in [0.5, 0.6) is 11.5 Å². The largest absolute Gasteiger partial charge is 0.490 e. The smallest absolute Gasteiger partial charge is 0.352 e. The number of benzene rings is 2. The number of ether oxygens (including phenoxy) is 2. The molecule has 0 atom stereocenters. The van der Waals surface area contributed by atoms with Gasteiger partial charge in [0, 0.05) is 5.56 Å². The second-order valence-electron chi connectivity index (χ2n) is 5.55. The number of rotatable bonds is 9. The number of carboxylic acids is 1. The van der Waals surface area contributed by atoms with Gasteiger partial charge in [-0.05, 0) is 42.8 Å². The predicted octanol–water partition coefficient (Wildman–Crippen LogP) is 4.16. The zero-order chi connectivity index (χ0) is 20.5. The summed E-state index contributed by atoms with van der Waals surface area (Å²) >= 11 is 6.27. The Bertz CT molecular complexity index is 893. The number of carboxylic acid groups (broad SMARTS) is 1. The lowest BCUT2D eigenvalue weighted by Gasteiger charge is -2.14. The monoisotopic (exact) mass is 401 g/mol. The third kappa shape index (κ3) is 5.62. The quantitative estimate of drug-likeness (QED) is 0.487. The molecule has 0 radical (unpaired) electrons. The van der Waals surface area contributed by atoms with E-state index in [0.29, 0.717) is 29.2 Å². The molecule has 2 N–H and O–H groups in total. The van der Waals surface area contributed by atoms with Crippen molar-refractivity contribution < 1.29 is 24.2 Å². The molecule has 0 saturated heterocycles. The zero-order valence-electron chi connectivity index (χ0n) is 15.3. The summed E-state index contributed by atoms with van der Waals surface area (Å²) in [4.78, 5) is 23.9. The number of carbonyl (C=O) groups is 2. The van der Waals surface area contributed by atoms with E-state index in [2.05, 4.69) is 11.9 Å². The van der Waals surface area contributed by atoms with Crippen LogP contribution in [0.3, 0.4) is 0 Å². The maximum absolute atomic E-state index is 12.3. The van der Waals surface area contributed by atoms with E-state index in [4.69, 9.17) is 21.1 Å². The Hall–Kier alpha value is -3.25. The molecule has 2 aromatic carbocycles. The normalized spacial score (nSPS) is 10.9. The molecular formula is C21H20ClNO5. The molecule has 1 amide bonds. The average Bonchev–Trinajstić information content (AvgIpc) is 2.67. The lowest BCUT2D eigenvalue weighted by molar-refractivity contribution is -0.132. The van der Waals surface area contributed by atoms with Crippen LogP contribution in [0.25, 0.3) is 6.08 Å². The summed E-state index contributed by atoms with van der Waals surface area (Å²) in [5, 5.41) is 12.1. The molecule has 0 heterocycles. The lowest BCUT2D eigenvalue weighted by atomic mass is 10.1. The summed E-state index contributed by atoms with van der Waals surface area (Å²) in [5.41, 5.74) is 0.480. The van der Waals surface area contributed by atoms with Gasteiger partial charge in [0.2, 0.25) is 0 Å². The van der Waals surface area contributed by atoms with Gasteiger partial charge in [-0.1, -0.05) is 42.5 Å². The number of hydrogen-bond acceptors (Lipinski definition) is 4. The van der Waals surface area contributed by atoms with Gasteiger partial charge in [0.05, 0.1) is 11.6 Å². The third-order valence-electron chi connectivity index (χ3n) is 3.50. The number of halogens is 1. The Balaban J connectivity index is 2.36. The molecule has 0 unspecified atom stereocenters. The highest BCUT2D eigenvalue weighted by Crippen LogP contribution is 2.37. The second kappa shape index (κ2) is 10.2. The van der Waals surface area contributed by atoms with Crippen LogP contribution >= 0.6 is 11.6 Å². The minimum Gasteiger partial charge on any atom is -0.490 e. The van der Waals surface area contributed by atoms with Crippen LogP contribution in [0.1, 0.15) is 22.8 Å². The molecule has 2 rings (SSSR count). The van der Waals surface area contributed by atoms with Crippen molar-refractivity contribution in [3.8, 4) is 11.5 Å². The lowest BCUT2D eigenvalue weighted by Crippen LogP contribution is -2.27. The van der Waals surface area contributed by atoms with E-state index >= 15 is 0 Å². The molecule has 0 aliphatic heterocycles. The second-order valence-corrected chi connectivity index (χ2v) is 5.95. The van der Waals surface area contributed by atoms with Crippen LogP contribution < -0.4 is 14.8 Å². The van der Waals surface area contributed by atoms with Gasteiger partial charge >= 0.3 is 5.97 Å². The Morgan fingerprint density at radius 2 is 1.93 bits per heavy atom. The van der Waals surface area contributed by atoms with Crippen molar-refractivity contribution in [2.45, 2.75) is 6.92 Å². The molecule has 28 heavy (non-hydrogen) atoms. The number of carbonyl (C=O) groups excluding carboxylic acids is 1. The molecular weight excluding hydrogens is 382 g/mol. The summed E-state index contributed by atoms with van der Waals surface area (Å²) in [6.45, 7) is 5.99. The Morgan fingerprint density at radius 3 is 2.54 bits per heavy atom. The van der Waals surface area contributed by atoms with E-state index in [1.807, 2.05) is 0 Å². The van der Waals surface area contributed by atoms with Crippen LogP contribution in [0.15, 0.2) is 60.8 Å². The van der Waals surface area contributed by atoms with Crippen molar-refractivity contribution >= 4 is 29.6 Å². The fraction of sp³-hybridized carbons (Fsp3) is 0.143. The zero-order valence-corrected chi connectivity index (χ0v) is 16.0. The SMILES string of the molecule is C=CCOc1c(Cl)cc(/C=C(/NC(=O)c2ccccc2)C(=O)O)cc1OCC. The van der Waals surface area contributed by atoms with E-state index in [1.165, 1.54) is 12.1 Å². The van der Waals surface area contributed by atoms with Gasteiger partial charge in [0.15, 0.2) is 11.5 Å². The summed E-state index contributed by atoms with van der Waals surface area (Å²) in [7, 11) is 0. The van der Waals surface area contributed by atoms with Gasteiger partial charge in [-0.15, -0.1) is 0 Å². The molecule has 0 bridgehead atoms.